The fourth-order valence-electron chi connectivity index (χ4n) is 3.68. The van der Waals surface area contributed by atoms with Crippen LogP contribution in [0.3, 0.4) is 0 Å². The maximum absolute atomic E-state index is 13.3. The Balaban J connectivity index is 2.16. The second-order valence-electron chi connectivity index (χ2n) is 8.22. The molecule has 2 rings (SSSR count). The number of rotatable bonds is 10. The average Bonchev–Trinajstić information content (AvgIpc) is 2.73. The summed E-state index contributed by atoms with van der Waals surface area (Å²) in [6.45, 7) is 5.69. The molecule has 0 fully saturated rings. The molecule has 0 heterocycles. The molecule has 180 valence electrons. The van der Waals surface area contributed by atoms with E-state index in [0.29, 0.717) is 11.3 Å². The lowest BCUT2D eigenvalue weighted by Gasteiger charge is -2.29. The Bertz CT molecular complexity index is 1070. The number of anilines is 1. The van der Waals surface area contributed by atoms with Crippen molar-refractivity contribution in [1.29, 1.82) is 0 Å². The van der Waals surface area contributed by atoms with Gasteiger partial charge in [-0.3, -0.25) is 13.9 Å². The van der Waals surface area contributed by atoms with Crippen LogP contribution < -0.4 is 9.62 Å². The highest BCUT2D eigenvalue weighted by Crippen LogP contribution is 2.22. The lowest BCUT2D eigenvalue weighted by atomic mass is 10.1. The highest BCUT2D eigenvalue weighted by atomic mass is 32.2. The molecular weight excluding hydrogens is 445 g/mol. The van der Waals surface area contributed by atoms with Crippen LogP contribution in [0.25, 0.3) is 0 Å². The zero-order valence-electron chi connectivity index (χ0n) is 19.8. The van der Waals surface area contributed by atoms with Crippen LogP contribution in [0.15, 0.2) is 42.5 Å². The molecular formula is C24H32FN3O4S. The number of hydrogen-bond donors (Lipinski definition) is 1. The molecule has 0 unspecified atom stereocenters. The summed E-state index contributed by atoms with van der Waals surface area (Å²) in [6.07, 6.45) is 1.47. The Morgan fingerprint density at radius 2 is 1.64 bits per heavy atom. The van der Waals surface area contributed by atoms with Crippen LogP contribution in [0.5, 0.6) is 0 Å². The van der Waals surface area contributed by atoms with Crippen molar-refractivity contribution in [1.82, 2.24) is 10.2 Å². The van der Waals surface area contributed by atoms with Crippen LogP contribution in [-0.2, 0) is 26.2 Å². The molecule has 0 aliphatic rings. The van der Waals surface area contributed by atoms with Crippen molar-refractivity contribution < 1.29 is 22.4 Å². The number of benzene rings is 2. The fraction of sp³-hybridized carbons (Fsp3) is 0.417. The predicted octanol–water partition coefficient (Wildman–Crippen LogP) is 3.15. The monoisotopic (exact) mass is 477 g/mol. The predicted molar refractivity (Wildman–Crippen MR) is 128 cm³/mol. The molecule has 0 saturated heterocycles. The Kier molecular flexibility index (Phi) is 8.99. The topological polar surface area (TPSA) is 86.8 Å². The molecule has 2 aromatic carbocycles. The second kappa shape index (κ2) is 11.3. The van der Waals surface area contributed by atoms with Crippen molar-refractivity contribution in [2.24, 2.45) is 0 Å². The van der Waals surface area contributed by atoms with E-state index in [1.165, 1.54) is 28.4 Å². The van der Waals surface area contributed by atoms with Gasteiger partial charge in [-0.1, -0.05) is 18.2 Å². The van der Waals surface area contributed by atoms with E-state index in [0.717, 1.165) is 17.4 Å². The van der Waals surface area contributed by atoms with E-state index in [4.69, 9.17) is 0 Å². The third kappa shape index (κ3) is 7.56. The van der Waals surface area contributed by atoms with E-state index < -0.39 is 16.1 Å². The van der Waals surface area contributed by atoms with E-state index in [1.54, 1.807) is 31.2 Å². The minimum atomic E-state index is -3.55. The third-order valence-electron chi connectivity index (χ3n) is 5.33. The first-order valence-electron chi connectivity index (χ1n) is 10.7. The van der Waals surface area contributed by atoms with Crippen molar-refractivity contribution >= 4 is 27.5 Å². The van der Waals surface area contributed by atoms with Crippen LogP contribution in [-0.4, -0.2) is 51.0 Å². The van der Waals surface area contributed by atoms with E-state index in [9.17, 15) is 22.4 Å². The van der Waals surface area contributed by atoms with E-state index in [-0.39, 0.29) is 43.6 Å². The number of likely N-dealkylation sites (N-methyl/N-ethyl adjacent to an activating group) is 1. The maximum Gasteiger partial charge on any atom is 0.242 e. The summed E-state index contributed by atoms with van der Waals surface area (Å²) >= 11 is 0. The van der Waals surface area contributed by atoms with Crippen molar-refractivity contribution in [3.05, 3.63) is 65.0 Å². The van der Waals surface area contributed by atoms with Crippen molar-refractivity contribution in [2.75, 3.05) is 24.2 Å². The first-order valence-corrected chi connectivity index (χ1v) is 12.6. The molecule has 33 heavy (non-hydrogen) atoms. The number of aryl methyl sites for hydroxylation is 2. The average molecular weight is 478 g/mol. The molecule has 0 bridgehead atoms. The zero-order chi connectivity index (χ0) is 24.8. The minimum Gasteiger partial charge on any atom is -0.357 e. The van der Waals surface area contributed by atoms with Crippen LogP contribution >= 0.6 is 0 Å². The molecule has 2 aromatic rings. The number of carbonyl (C=O) groups is 2. The number of amides is 2. The van der Waals surface area contributed by atoms with E-state index in [1.807, 2.05) is 19.9 Å². The van der Waals surface area contributed by atoms with Crippen molar-refractivity contribution in [3.63, 3.8) is 0 Å². The summed E-state index contributed by atoms with van der Waals surface area (Å²) in [6, 6.07) is 10.6. The number of nitrogens with one attached hydrogen (secondary N) is 1. The summed E-state index contributed by atoms with van der Waals surface area (Å²) in [7, 11) is -2.05. The smallest absolute Gasteiger partial charge is 0.242 e. The first-order chi connectivity index (χ1) is 15.4. The number of halogens is 1. The minimum absolute atomic E-state index is 0.0549. The van der Waals surface area contributed by atoms with Gasteiger partial charge in [0, 0.05) is 26.6 Å². The third-order valence-corrected chi connectivity index (χ3v) is 6.52. The molecule has 0 radical (unpaired) electrons. The second-order valence-corrected chi connectivity index (χ2v) is 10.1. The van der Waals surface area contributed by atoms with Crippen molar-refractivity contribution in [3.8, 4) is 0 Å². The lowest BCUT2D eigenvalue weighted by molar-refractivity contribution is -0.140. The van der Waals surface area contributed by atoms with Gasteiger partial charge in [0.2, 0.25) is 21.8 Å². The Labute approximate surface area is 195 Å². The van der Waals surface area contributed by atoms with Gasteiger partial charge < -0.3 is 10.2 Å². The fourth-order valence-corrected chi connectivity index (χ4v) is 4.63. The van der Waals surface area contributed by atoms with Gasteiger partial charge in [0.25, 0.3) is 0 Å². The van der Waals surface area contributed by atoms with Gasteiger partial charge in [-0.05, 0) is 68.1 Å². The molecule has 0 saturated carbocycles. The Hall–Kier alpha value is -2.94. The summed E-state index contributed by atoms with van der Waals surface area (Å²) in [4.78, 5) is 26.7. The van der Waals surface area contributed by atoms with Gasteiger partial charge >= 0.3 is 0 Å². The van der Waals surface area contributed by atoms with Crippen LogP contribution in [0.2, 0.25) is 0 Å². The normalized spacial score (nSPS) is 12.2. The quantitative estimate of drug-likeness (QED) is 0.570. The standard InChI is InChI=1S/C24H32FN3O4S/c1-17-13-18(2)15-22(14-17)28(33(5,31)32)12-6-7-23(29)27(19(3)24(30)26-4)16-20-8-10-21(25)11-9-20/h8-11,13-15,19H,6-7,12,16H2,1-5H3,(H,26,30)/t19-/m0/s1. The SMILES string of the molecule is CNC(=O)[C@H](C)N(Cc1ccc(F)cc1)C(=O)CCCN(c1cc(C)cc(C)c1)S(C)(=O)=O. The number of carbonyl (C=O) groups excluding carboxylic acids is 2. The molecule has 0 aliphatic carbocycles. The molecule has 2 amide bonds. The van der Waals surface area contributed by atoms with Gasteiger partial charge in [0.05, 0.1) is 11.9 Å². The molecule has 7 nitrogen and oxygen atoms in total. The van der Waals surface area contributed by atoms with Gasteiger partial charge in [0.1, 0.15) is 11.9 Å². The zero-order valence-corrected chi connectivity index (χ0v) is 20.6. The lowest BCUT2D eigenvalue weighted by Crippen LogP contribution is -2.46. The molecule has 0 spiro atoms. The molecule has 9 heteroatoms. The van der Waals surface area contributed by atoms with Gasteiger partial charge in [-0.15, -0.1) is 0 Å². The Morgan fingerprint density at radius 1 is 1.06 bits per heavy atom. The first kappa shape index (κ1) is 26.3. The highest BCUT2D eigenvalue weighted by Gasteiger charge is 2.26. The van der Waals surface area contributed by atoms with E-state index in [2.05, 4.69) is 5.32 Å². The summed E-state index contributed by atoms with van der Waals surface area (Å²) in [5, 5.41) is 2.54. The Morgan fingerprint density at radius 3 is 2.15 bits per heavy atom. The number of hydrogen-bond acceptors (Lipinski definition) is 4. The largest absolute Gasteiger partial charge is 0.357 e. The molecule has 1 N–H and O–H groups in total. The highest BCUT2D eigenvalue weighted by molar-refractivity contribution is 7.92. The van der Waals surface area contributed by atoms with Crippen LogP contribution in [0, 0.1) is 19.7 Å². The van der Waals surface area contributed by atoms with Gasteiger partial charge in [-0.2, -0.15) is 0 Å². The van der Waals surface area contributed by atoms with Crippen molar-refractivity contribution in [2.45, 2.75) is 46.2 Å². The molecule has 1 atom stereocenters. The summed E-state index contributed by atoms with van der Waals surface area (Å²) in [5.41, 5.74) is 3.14. The molecule has 0 aliphatic heterocycles. The maximum atomic E-state index is 13.3. The van der Waals surface area contributed by atoms with Crippen LogP contribution in [0.4, 0.5) is 10.1 Å². The molecule has 0 aromatic heterocycles. The van der Waals surface area contributed by atoms with Gasteiger partial charge in [-0.25, -0.2) is 12.8 Å². The van der Waals surface area contributed by atoms with Crippen LogP contribution in [0.1, 0.15) is 36.5 Å². The van der Waals surface area contributed by atoms with E-state index >= 15 is 0 Å². The summed E-state index contributed by atoms with van der Waals surface area (Å²) < 4.78 is 39.4. The summed E-state index contributed by atoms with van der Waals surface area (Å²) in [5.74, 6) is -0.994. The number of nitrogens with zero attached hydrogens (tertiary/aromatic N) is 2. The number of sulfonamides is 1. The van der Waals surface area contributed by atoms with Gasteiger partial charge in [0.15, 0.2) is 0 Å².